The van der Waals surface area contributed by atoms with Gasteiger partial charge >= 0.3 is 5.97 Å². The molecule has 1 aromatic rings. The van der Waals surface area contributed by atoms with E-state index >= 15 is 0 Å². The fourth-order valence-corrected chi connectivity index (χ4v) is 1.68. The molecule has 0 aliphatic carbocycles. The fraction of sp³-hybridized carbons (Fsp3) is 0.364. The summed E-state index contributed by atoms with van der Waals surface area (Å²) < 4.78 is 0.921. The van der Waals surface area contributed by atoms with E-state index in [4.69, 9.17) is 5.11 Å². The molecule has 82 valence electrons. The molecule has 0 bridgehead atoms. The van der Waals surface area contributed by atoms with Gasteiger partial charge in [-0.3, -0.25) is 0 Å². The maximum absolute atomic E-state index is 10.6. The van der Waals surface area contributed by atoms with Crippen LogP contribution < -0.4 is 0 Å². The molecule has 1 rings (SSSR count). The summed E-state index contributed by atoms with van der Waals surface area (Å²) >= 11 is 3.37. The maximum atomic E-state index is 10.6. The number of aryl methyl sites for hydroxylation is 1. The van der Waals surface area contributed by atoms with Gasteiger partial charge in [-0.1, -0.05) is 35.0 Å². The summed E-state index contributed by atoms with van der Waals surface area (Å²) in [4.78, 5) is 10.6. The third-order valence-electron chi connectivity index (χ3n) is 2.45. The summed E-state index contributed by atoms with van der Waals surface area (Å²) in [5.74, 6) is -1.61. The lowest BCUT2D eigenvalue weighted by Gasteiger charge is -2.16. The van der Waals surface area contributed by atoms with Crippen molar-refractivity contribution in [3.63, 3.8) is 0 Å². The summed E-state index contributed by atoms with van der Waals surface area (Å²) in [5.41, 5.74) is 1.89. The molecular weight excluding hydrogens is 260 g/mol. The van der Waals surface area contributed by atoms with Crippen molar-refractivity contribution in [3.8, 4) is 0 Å². The highest BCUT2D eigenvalue weighted by molar-refractivity contribution is 9.10. The Kier molecular flexibility index (Phi) is 3.88. The topological polar surface area (TPSA) is 57.5 Å². The summed E-state index contributed by atoms with van der Waals surface area (Å²) in [7, 11) is 0. The molecule has 0 aromatic heterocycles. The van der Waals surface area contributed by atoms with Crippen molar-refractivity contribution in [1.82, 2.24) is 0 Å². The normalized spacial score (nSPS) is 14.7. The predicted molar refractivity (Wildman–Crippen MR) is 60.9 cm³/mol. The highest BCUT2D eigenvalue weighted by Gasteiger charge is 2.23. The third kappa shape index (κ3) is 2.79. The quantitative estimate of drug-likeness (QED) is 0.888. The van der Waals surface area contributed by atoms with Crippen LogP contribution in [0.1, 0.15) is 24.0 Å². The van der Waals surface area contributed by atoms with Crippen LogP contribution in [-0.4, -0.2) is 22.3 Å². The number of carboxylic acid groups (broad SMARTS) is 1. The van der Waals surface area contributed by atoms with E-state index in [0.29, 0.717) is 0 Å². The first kappa shape index (κ1) is 12.2. The van der Waals surface area contributed by atoms with E-state index in [1.807, 2.05) is 25.1 Å². The van der Waals surface area contributed by atoms with Crippen molar-refractivity contribution in [1.29, 1.82) is 0 Å². The van der Waals surface area contributed by atoms with Gasteiger partial charge in [0.05, 0.1) is 0 Å². The van der Waals surface area contributed by atoms with E-state index in [1.165, 1.54) is 0 Å². The number of carbonyl (C=O) groups is 1. The molecular formula is C11H13BrO3. The Morgan fingerprint density at radius 3 is 2.53 bits per heavy atom. The van der Waals surface area contributed by atoms with Gasteiger partial charge in [-0.15, -0.1) is 0 Å². The van der Waals surface area contributed by atoms with Gasteiger partial charge < -0.3 is 10.2 Å². The van der Waals surface area contributed by atoms with Crippen LogP contribution in [0, 0.1) is 6.92 Å². The summed E-state index contributed by atoms with van der Waals surface area (Å²) in [5, 5.41) is 18.1. The minimum atomic E-state index is -1.36. The molecule has 4 heteroatoms. The number of rotatable bonds is 3. The first-order valence-electron chi connectivity index (χ1n) is 4.60. The van der Waals surface area contributed by atoms with Crippen LogP contribution in [0.15, 0.2) is 22.7 Å². The highest BCUT2D eigenvalue weighted by atomic mass is 79.9. The van der Waals surface area contributed by atoms with Crippen molar-refractivity contribution >= 4 is 21.9 Å². The Balaban J connectivity index is 2.96. The molecule has 0 fully saturated rings. The first-order valence-corrected chi connectivity index (χ1v) is 5.39. The predicted octanol–water partition coefficient (Wildman–Crippen LogP) is 2.31. The fourth-order valence-electron chi connectivity index (χ4n) is 1.29. The van der Waals surface area contributed by atoms with Crippen LogP contribution in [0.3, 0.4) is 0 Å². The van der Waals surface area contributed by atoms with Gasteiger partial charge in [0, 0.05) is 10.4 Å². The Labute approximate surface area is 96.9 Å². The van der Waals surface area contributed by atoms with Crippen molar-refractivity contribution in [2.24, 2.45) is 0 Å². The van der Waals surface area contributed by atoms with Gasteiger partial charge in [0.1, 0.15) is 0 Å². The smallest absolute Gasteiger partial charge is 0.333 e. The van der Waals surface area contributed by atoms with Crippen LogP contribution >= 0.6 is 15.9 Å². The molecule has 0 radical (unpaired) electrons. The number of aliphatic hydroxyl groups is 1. The number of carboxylic acids is 1. The van der Waals surface area contributed by atoms with Gasteiger partial charge in [0.2, 0.25) is 0 Å². The molecule has 0 spiro atoms. The van der Waals surface area contributed by atoms with Gasteiger partial charge in [-0.25, -0.2) is 4.79 Å². The Hall–Kier alpha value is -0.870. The second-order valence-electron chi connectivity index (χ2n) is 3.58. The summed E-state index contributed by atoms with van der Waals surface area (Å²) in [6, 6.07) is 5.56. The Morgan fingerprint density at radius 1 is 1.47 bits per heavy atom. The molecule has 15 heavy (non-hydrogen) atoms. The largest absolute Gasteiger partial charge is 0.479 e. The zero-order valence-electron chi connectivity index (χ0n) is 8.57. The molecule has 2 atom stereocenters. The number of halogens is 1. The average molecular weight is 273 g/mol. The molecule has 0 saturated heterocycles. The first-order chi connectivity index (χ1) is 6.93. The van der Waals surface area contributed by atoms with Crippen LogP contribution in [0.2, 0.25) is 0 Å². The maximum Gasteiger partial charge on any atom is 0.333 e. The number of hydrogen-bond acceptors (Lipinski definition) is 2. The lowest BCUT2D eigenvalue weighted by molar-refractivity contribution is -0.147. The average Bonchev–Trinajstić information content (AvgIpc) is 2.19. The van der Waals surface area contributed by atoms with E-state index in [9.17, 15) is 9.90 Å². The van der Waals surface area contributed by atoms with Crippen molar-refractivity contribution in [3.05, 3.63) is 33.8 Å². The van der Waals surface area contributed by atoms with Gasteiger partial charge in [0.25, 0.3) is 0 Å². The van der Waals surface area contributed by atoms with Crippen LogP contribution in [0.5, 0.6) is 0 Å². The molecule has 0 saturated carbocycles. The lowest BCUT2D eigenvalue weighted by atomic mass is 9.95. The second kappa shape index (κ2) is 4.77. The number of hydrogen-bond donors (Lipinski definition) is 2. The second-order valence-corrected chi connectivity index (χ2v) is 4.43. The molecule has 0 heterocycles. The lowest BCUT2D eigenvalue weighted by Crippen LogP contribution is -2.25. The zero-order valence-corrected chi connectivity index (χ0v) is 10.2. The van der Waals surface area contributed by atoms with E-state index < -0.39 is 18.0 Å². The number of aliphatic carboxylic acids is 1. The van der Waals surface area contributed by atoms with Crippen molar-refractivity contribution in [2.75, 3.05) is 0 Å². The van der Waals surface area contributed by atoms with Crippen molar-refractivity contribution in [2.45, 2.75) is 25.9 Å². The molecule has 3 nitrogen and oxygen atoms in total. The standard InChI is InChI=1S/C11H13BrO3/c1-6-3-4-8(5-9(6)12)7(2)10(13)11(14)15/h3-5,7,10,13H,1-2H3,(H,14,15). The number of benzene rings is 1. The Bertz CT molecular complexity index is 376. The van der Waals surface area contributed by atoms with E-state index in [0.717, 1.165) is 15.6 Å². The molecule has 2 unspecified atom stereocenters. The molecule has 1 aromatic carbocycles. The SMILES string of the molecule is Cc1ccc(C(C)C(O)C(=O)O)cc1Br. The minimum absolute atomic E-state index is 0.417. The van der Waals surface area contributed by atoms with Crippen LogP contribution in [0.25, 0.3) is 0 Å². The summed E-state index contributed by atoms with van der Waals surface area (Å²) in [6.07, 6.45) is -1.36. The van der Waals surface area contributed by atoms with E-state index in [2.05, 4.69) is 15.9 Å². The third-order valence-corrected chi connectivity index (χ3v) is 3.30. The van der Waals surface area contributed by atoms with Crippen molar-refractivity contribution < 1.29 is 15.0 Å². The summed E-state index contributed by atoms with van der Waals surface area (Å²) in [6.45, 7) is 3.64. The van der Waals surface area contributed by atoms with Crippen LogP contribution in [-0.2, 0) is 4.79 Å². The number of aliphatic hydroxyl groups excluding tert-OH is 1. The Morgan fingerprint density at radius 2 is 2.07 bits per heavy atom. The molecule has 0 aliphatic rings. The van der Waals surface area contributed by atoms with Gasteiger partial charge in [-0.05, 0) is 24.1 Å². The molecule has 0 aliphatic heterocycles. The van der Waals surface area contributed by atoms with E-state index in [-0.39, 0.29) is 0 Å². The van der Waals surface area contributed by atoms with E-state index in [1.54, 1.807) is 6.92 Å². The molecule has 0 amide bonds. The molecule has 2 N–H and O–H groups in total. The minimum Gasteiger partial charge on any atom is -0.479 e. The monoisotopic (exact) mass is 272 g/mol. The zero-order chi connectivity index (χ0) is 11.6. The van der Waals surface area contributed by atoms with Gasteiger partial charge in [0.15, 0.2) is 6.10 Å². The van der Waals surface area contributed by atoms with Gasteiger partial charge in [-0.2, -0.15) is 0 Å². The highest BCUT2D eigenvalue weighted by Crippen LogP contribution is 2.25. The van der Waals surface area contributed by atoms with Crippen LogP contribution in [0.4, 0.5) is 0 Å².